The third-order valence-corrected chi connectivity index (χ3v) is 5.58. The highest BCUT2D eigenvalue weighted by molar-refractivity contribution is 6.37. The molecule has 3 aromatic rings. The van der Waals surface area contributed by atoms with Crippen LogP contribution in [-0.4, -0.2) is 15.1 Å². The van der Waals surface area contributed by atoms with Gasteiger partial charge >= 0.3 is 0 Å². The number of alkyl halides is 1. The van der Waals surface area contributed by atoms with Gasteiger partial charge in [-0.1, -0.05) is 47.5 Å². The van der Waals surface area contributed by atoms with Gasteiger partial charge in [0, 0.05) is 28.1 Å². The van der Waals surface area contributed by atoms with E-state index in [0.717, 1.165) is 16.5 Å². The molecule has 0 saturated heterocycles. The molecule has 1 unspecified atom stereocenters. The summed E-state index contributed by atoms with van der Waals surface area (Å²) >= 11 is 19.2. The van der Waals surface area contributed by atoms with Crippen molar-refractivity contribution in [2.24, 2.45) is 0 Å². The van der Waals surface area contributed by atoms with E-state index in [1.54, 1.807) is 24.3 Å². The number of benzene rings is 2. The Morgan fingerprint density at radius 3 is 2.56 bits per heavy atom. The molecule has 1 aliphatic rings. The first-order valence-corrected chi connectivity index (χ1v) is 9.51. The van der Waals surface area contributed by atoms with Gasteiger partial charge in [-0.25, -0.2) is 0 Å². The van der Waals surface area contributed by atoms with E-state index in [1.165, 1.54) is 16.7 Å². The average Bonchev–Trinajstić information content (AvgIpc) is 2.63. The van der Waals surface area contributed by atoms with Crippen LogP contribution >= 0.6 is 34.8 Å². The van der Waals surface area contributed by atoms with E-state index in [-0.39, 0.29) is 11.3 Å². The zero-order chi connectivity index (χ0) is 19.1. The number of phenols is 1. The van der Waals surface area contributed by atoms with Crippen LogP contribution in [0.4, 0.5) is 0 Å². The van der Waals surface area contributed by atoms with Crippen LogP contribution in [-0.2, 0) is 0 Å². The lowest BCUT2D eigenvalue weighted by atomic mass is 9.99. The van der Waals surface area contributed by atoms with E-state index >= 15 is 0 Å². The first kappa shape index (κ1) is 18.2. The molecule has 1 N–H and O–H groups in total. The Bertz CT molecular complexity index is 1180. The van der Waals surface area contributed by atoms with Crippen LogP contribution in [0.5, 0.6) is 5.75 Å². The van der Waals surface area contributed by atoms with Crippen molar-refractivity contribution < 1.29 is 5.11 Å². The molecule has 0 amide bonds. The number of aromatic nitrogens is 1. The van der Waals surface area contributed by atoms with Crippen LogP contribution in [0.2, 0.25) is 5.02 Å². The molecule has 6 heteroatoms. The molecular formula is C21H14Cl3NO2. The van der Waals surface area contributed by atoms with E-state index < -0.39 is 5.38 Å². The maximum Gasteiger partial charge on any atom is 0.255 e. The second-order valence-corrected chi connectivity index (χ2v) is 7.59. The number of phenolic OH excluding ortho intramolecular Hbond substituents is 1. The van der Waals surface area contributed by atoms with Crippen LogP contribution < -0.4 is 5.56 Å². The molecule has 0 fully saturated rings. The van der Waals surface area contributed by atoms with Crippen molar-refractivity contribution in [1.29, 1.82) is 0 Å². The van der Waals surface area contributed by atoms with Crippen molar-refractivity contribution in [1.82, 2.24) is 4.57 Å². The molecule has 0 saturated carbocycles. The Labute approximate surface area is 170 Å². The minimum atomic E-state index is -0.447. The van der Waals surface area contributed by atoms with Crippen molar-refractivity contribution in [3.8, 4) is 16.9 Å². The molecule has 1 atom stereocenters. The third-order valence-electron chi connectivity index (χ3n) is 4.55. The number of hydrogen-bond acceptors (Lipinski definition) is 2. The van der Waals surface area contributed by atoms with Crippen molar-refractivity contribution in [2.45, 2.75) is 11.8 Å². The molecule has 2 aromatic carbocycles. The smallest absolute Gasteiger partial charge is 0.255 e. The summed E-state index contributed by atoms with van der Waals surface area (Å²) in [5.41, 5.74) is 2.24. The molecule has 1 aromatic heterocycles. The number of halogens is 3. The molecule has 0 aliphatic heterocycles. The van der Waals surface area contributed by atoms with Gasteiger partial charge in [-0.05, 0) is 36.3 Å². The minimum Gasteiger partial charge on any atom is -0.508 e. The molecule has 3 nitrogen and oxygen atoms in total. The third kappa shape index (κ3) is 3.16. The Morgan fingerprint density at radius 1 is 1.04 bits per heavy atom. The fourth-order valence-electron chi connectivity index (χ4n) is 3.37. The van der Waals surface area contributed by atoms with Gasteiger partial charge in [0.2, 0.25) is 0 Å². The Hall–Kier alpha value is -2.20. The second-order valence-electron chi connectivity index (χ2n) is 6.25. The van der Waals surface area contributed by atoms with Gasteiger partial charge in [-0.3, -0.25) is 9.36 Å². The second kappa shape index (κ2) is 7.08. The van der Waals surface area contributed by atoms with Crippen LogP contribution in [0, 0.1) is 0 Å². The van der Waals surface area contributed by atoms with Gasteiger partial charge in [-0.2, -0.15) is 0 Å². The summed E-state index contributed by atoms with van der Waals surface area (Å²) in [6.45, 7) is 0. The van der Waals surface area contributed by atoms with Crippen LogP contribution in [0.3, 0.4) is 0 Å². The lowest BCUT2D eigenvalue weighted by Crippen LogP contribution is -2.24. The van der Waals surface area contributed by atoms with Gasteiger partial charge in [0.1, 0.15) is 5.75 Å². The first-order valence-electron chi connectivity index (χ1n) is 8.31. The van der Waals surface area contributed by atoms with Crippen LogP contribution in [0.1, 0.15) is 6.42 Å². The standard InChI is InChI=1S/C21H14Cl3NO2/c22-16-5-2-1-4-13(16)15-10-12(26)11-19-14(15)8-9-20(27)25(19)21-17(23)6-3-7-18(21)24/h1-6,8-11,18,26H,7H2. The number of aromatic hydroxyl groups is 1. The number of nitrogens with zero attached hydrogens (tertiary/aromatic N) is 1. The van der Waals surface area contributed by atoms with Crippen molar-refractivity contribution >= 4 is 51.4 Å². The van der Waals surface area contributed by atoms with Crippen molar-refractivity contribution in [3.63, 3.8) is 0 Å². The highest BCUT2D eigenvalue weighted by Gasteiger charge is 2.22. The van der Waals surface area contributed by atoms with Gasteiger partial charge < -0.3 is 5.11 Å². The van der Waals surface area contributed by atoms with Crippen LogP contribution in [0.15, 0.2) is 70.5 Å². The van der Waals surface area contributed by atoms with Gasteiger partial charge in [0.15, 0.2) is 0 Å². The molecule has 136 valence electrons. The quantitative estimate of drug-likeness (QED) is 0.518. The fourth-order valence-corrected chi connectivity index (χ4v) is 4.28. The van der Waals surface area contributed by atoms with Crippen molar-refractivity contribution in [3.05, 3.63) is 81.1 Å². The molecule has 0 spiro atoms. The minimum absolute atomic E-state index is 0.0194. The number of pyridine rings is 1. The van der Waals surface area contributed by atoms with E-state index in [2.05, 4.69) is 0 Å². The highest BCUT2D eigenvalue weighted by Crippen LogP contribution is 2.38. The molecule has 4 rings (SSSR count). The molecular weight excluding hydrogens is 405 g/mol. The summed E-state index contributed by atoms with van der Waals surface area (Å²) < 4.78 is 1.47. The van der Waals surface area contributed by atoms with E-state index in [1.807, 2.05) is 24.3 Å². The molecule has 0 bridgehead atoms. The average molecular weight is 419 g/mol. The summed E-state index contributed by atoms with van der Waals surface area (Å²) in [5, 5.41) is 11.6. The molecule has 1 heterocycles. The van der Waals surface area contributed by atoms with E-state index in [0.29, 0.717) is 27.7 Å². The summed E-state index contributed by atoms with van der Waals surface area (Å²) in [6, 6.07) is 13.7. The highest BCUT2D eigenvalue weighted by atomic mass is 35.5. The van der Waals surface area contributed by atoms with Gasteiger partial charge in [0.25, 0.3) is 5.56 Å². The van der Waals surface area contributed by atoms with Gasteiger partial charge in [-0.15, -0.1) is 11.6 Å². The lowest BCUT2D eigenvalue weighted by molar-refractivity contribution is 0.476. The number of allylic oxidation sites excluding steroid dienone is 4. The lowest BCUT2D eigenvalue weighted by Gasteiger charge is -2.22. The fraction of sp³-hybridized carbons (Fsp3) is 0.0952. The SMILES string of the molecule is O=c1ccc2c(-c3ccccc3Cl)cc(O)cc2n1C1=C(Cl)C=CCC1Cl. The number of fused-ring (bicyclic) bond motifs is 1. The summed E-state index contributed by atoms with van der Waals surface area (Å²) in [6.07, 6.45) is 4.16. The largest absolute Gasteiger partial charge is 0.508 e. The zero-order valence-corrected chi connectivity index (χ0v) is 16.3. The Morgan fingerprint density at radius 2 is 1.81 bits per heavy atom. The summed E-state index contributed by atoms with van der Waals surface area (Å²) in [7, 11) is 0. The maximum absolute atomic E-state index is 12.7. The summed E-state index contributed by atoms with van der Waals surface area (Å²) in [4.78, 5) is 12.7. The monoisotopic (exact) mass is 417 g/mol. The normalized spacial score (nSPS) is 16.9. The molecule has 27 heavy (non-hydrogen) atoms. The first-order chi connectivity index (χ1) is 13.0. The van der Waals surface area contributed by atoms with E-state index in [9.17, 15) is 9.90 Å². The van der Waals surface area contributed by atoms with Gasteiger partial charge in [0.05, 0.1) is 21.6 Å². The topological polar surface area (TPSA) is 42.2 Å². The number of hydrogen-bond donors (Lipinski definition) is 1. The number of rotatable bonds is 2. The predicted octanol–water partition coefficient (Wildman–Crippen LogP) is 6.00. The zero-order valence-electron chi connectivity index (χ0n) is 14.0. The predicted molar refractivity (Wildman–Crippen MR) is 113 cm³/mol. The maximum atomic E-state index is 12.7. The molecule has 0 radical (unpaired) electrons. The van der Waals surface area contributed by atoms with Crippen molar-refractivity contribution in [2.75, 3.05) is 0 Å². The van der Waals surface area contributed by atoms with Crippen LogP contribution in [0.25, 0.3) is 27.7 Å². The Kier molecular flexibility index (Phi) is 4.77. The Balaban J connectivity index is 2.12. The van der Waals surface area contributed by atoms with E-state index in [4.69, 9.17) is 34.8 Å². The summed E-state index contributed by atoms with van der Waals surface area (Å²) in [5.74, 6) is 0.0194. The molecule has 1 aliphatic carbocycles.